The van der Waals surface area contributed by atoms with Crippen molar-refractivity contribution in [2.45, 2.75) is 25.9 Å². The number of nitrogens with one attached hydrogen (secondary N) is 1. The van der Waals surface area contributed by atoms with E-state index >= 15 is 0 Å². The number of aryl methyl sites for hydroxylation is 1. The van der Waals surface area contributed by atoms with E-state index in [1.807, 2.05) is 42.8 Å². The third kappa shape index (κ3) is 4.70. The summed E-state index contributed by atoms with van der Waals surface area (Å²) in [5, 5.41) is 3.60. The van der Waals surface area contributed by atoms with Gasteiger partial charge in [-0.25, -0.2) is 4.98 Å². The largest absolute Gasteiger partial charge is 0.326 e. The third-order valence-electron chi connectivity index (χ3n) is 4.31. The lowest BCUT2D eigenvalue weighted by molar-refractivity contribution is -0.118. The minimum atomic E-state index is -0.0882. The third-order valence-corrected chi connectivity index (χ3v) is 5.28. The number of Topliss-reactive ketones (excluding diaryl/α,β-unsaturated/α-hetero) is 1. The number of imidazole rings is 1. The average Bonchev–Trinajstić information content (AvgIpc) is 3.15. The Morgan fingerprint density at radius 3 is 2.50 bits per heavy atom. The summed E-state index contributed by atoms with van der Waals surface area (Å²) >= 11 is 1.41. The second-order valence-electron chi connectivity index (χ2n) is 6.80. The Hall–Kier alpha value is -2.86. The van der Waals surface area contributed by atoms with Crippen LogP contribution >= 0.6 is 11.8 Å². The zero-order chi connectivity index (χ0) is 20.1. The van der Waals surface area contributed by atoms with Gasteiger partial charge >= 0.3 is 0 Å². The molecule has 0 unspecified atom stereocenters. The van der Waals surface area contributed by atoms with Crippen molar-refractivity contribution < 1.29 is 9.59 Å². The number of amides is 1. The molecule has 144 valence electrons. The van der Waals surface area contributed by atoms with Crippen molar-refractivity contribution in [3.63, 3.8) is 0 Å². The molecule has 0 saturated heterocycles. The highest BCUT2D eigenvalue weighted by molar-refractivity contribution is 7.99. The second kappa shape index (κ2) is 8.89. The molecule has 0 aliphatic rings. The Morgan fingerprint density at radius 1 is 1.11 bits per heavy atom. The number of benzene rings is 2. The van der Waals surface area contributed by atoms with E-state index < -0.39 is 0 Å². The predicted molar refractivity (Wildman–Crippen MR) is 113 cm³/mol. The van der Waals surface area contributed by atoms with E-state index in [2.05, 4.69) is 23.3 Å². The molecule has 0 fully saturated rings. The minimum Gasteiger partial charge on any atom is -0.326 e. The first-order chi connectivity index (χ1) is 13.5. The lowest BCUT2D eigenvalue weighted by atomic mass is 10.1. The van der Waals surface area contributed by atoms with Crippen LogP contribution in [0.3, 0.4) is 0 Å². The van der Waals surface area contributed by atoms with Crippen molar-refractivity contribution in [2.75, 3.05) is 11.1 Å². The van der Waals surface area contributed by atoms with Gasteiger partial charge in [-0.2, -0.15) is 0 Å². The van der Waals surface area contributed by atoms with Gasteiger partial charge in [0.1, 0.15) is 0 Å². The quantitative estimate of drug-likeness (QED) is 0.465. The summed E-state index contributed by atoms with van der Waals surface area (Å²) < 4.78 is 2.00. The Kier molecular flexibility index (Phi) is 6.31. The maximum atomic E-state index is 12.6. The zero-order valence-corrected chi connectivity index (χ0v) is 17.0. The van der Waals surface area contributed by atoms with E-state index in [-0.39, 0.29) is 17.6 Å². The Bertz CT molecular complexity index is 977. The molecule has 0 aliphatic heterocycles. The molecule has 1 N–H and O–H groups in total. The van der Waals surface area contributed by atoms with Gasteiger partial charge in [0.05, 0.1) is 11.4 Å². The van der Waals surface area contributed by atoms with E-state index in [4.69, 9.17) is 0 Å². The van der Waals surface area contributed by atoms with Crippen LogP contribution in [0, 0.1) is 12.8 Å². The van der Waals surface area contributed by atoms with Crippen LogP contribution < -0.4 is 5.32 Å². The fourth-order valence-electron chi connectivity index (χ4n) is 2.65. The van der Waals surface area contributed by atoms with Gasteiger partial charge in [-0.15, -0.1) is 0 Å². The predicted octanol–water partition coefficient (Wildman–Crippen LogP) is 4.75. The number of hydrogen-bond donors (Lipinski definition) is 1. The summed E-state index contributed by atoms with van der Waals surface area (Å²) in [6, 6.07) is 15.1. The van der Waals surface area contributed by atoms with E-state index in [1.165, 1.54) is 11.8 Å². The maximum Gasteiger partial charge on any atom is 0.226 e. The number of hydrogen-bond acceptors (Lipinski definition) is 4. The summed E-state index contributed by atoms with van der Waals surface area (Å²) in [6.07, 6.45) is 3.65. The molecule has 5 nitrogen and oxygen atoms in total. The second-order valence-corrected chi connectivity index (χ2v) is 7.74. The number of thioether (sulfide) groups is 1. The number of carbonyl (C=O) groups excluding carboxylic acids is 2. The molecule has 0 bridgehead atoms. The molecule has 1 amide bonds. The van der Waals surface area contributed by atoms with Crippen molar-refractivity contribution in [1.29, 1.82) is 0 Å². The standard InChI is InChI=1S/C22H23N3O2S/c1-15(2)21(27)24-18-10-8-17(9-11-18)20(26)14-28-22-23-12-13-25(22)19-7-5-4-6-16(19)3/h4-13,15H,14H2,1-3H3,(H,24,27). The van der Waals surface area contributed by atoms with Crippen LogP contribution in [-0.2, 0) is 4.79 Å². The topological polar surface area (TPSA) is 64.0 Å². The van der Waals surface area contributed by atoms with Gasteiger partial charge in [0, 0.05) is 29.6 Å². The van der Waals surface area contributed by atoms with Gasteiger partial charge in [0.25, 0.3) is 0 Å². The fourth-order valence-corrected chi connectivity index (χ4v) is 3.51. The molecule has 0 spiro atoms. The number of rotatable bonds is 7. The van der Waals surface area contributed by atoms with Gasteiger partial charge in [-0.3, -0.25) is 14.2 Å². The highest BCUT2D eigenvalue weighted by atomic mass is 32.2. The van der Waals surface area contributed by atoms with Gasteiger partial charge in [-0.05, 0) is 42.8 Å². The average molecular weight is 394 g/mol. The molecule has 3 aromatic rings. The Morgan fingerprint density at radius 2 is 1.82 bits per heavy atom. The lowest BCUT2D eigenvalue weighted by Gasteiger charge is -2.10. The van der Waals surface area contributed by atoms with Crippen LogP contribution in [-0.4, -0.2) is 27.0 Å². The van der Waals surface area contributed by atoms with Crippen LogP contribution in [0.1, 0.15) is 29.8 Å². The van der Waals surface area contributed by atoms with Crippen LogP contribution in [0.2, 0.25) is 0 Å². The number of anilines is 1. The van der Waals surface area contributed by atoms with Gasteiger partial charge < -0.3 is 5.32 Å². The van der Waals surface area contributed by atoms with Crippen molar-refractivity contribution in [2.24, 2.45) is 5.92 Å². The highest BCUT2D eigenvalue weighted by Crippen LogP contribution is 2.23. The van der Waals surface area contributed by atoms with Gasteiger partial charge in [-0.1, -0.05) is 43.8 Å². The zero-order valence-electron chi connectivity index (χ0n) is 16.2. The molecular formula is C22H23N3O2S. The summed E-state index contributed by atoms with van der Waals surface area (Å²) in [5.74, 6) is 0.180. The molecule has 3 rings (SSSR count). The monoisotopic (exact) mass is 393 g/mol. The summed E-state index contributed by atoms with van der Waals surface area (Å²) in [4.78, 5) is 28.7. The maximum absolute atomic E-state index is 12.6. The van der Waals surface area contributed by atoms with E-state index in [0.717, 1.165) is 16.4 Å². The summed E-state index contributed by atoms with van der Waals surface area (Å²) in [5.41, 5.74) is 3.51. The molecule has 0 atom stereocenters. The van der Waals surface area contributed by atoms with Gasteiger partial charge in [0.15, 0.2) is 10.9 Å². The minimum absolute atomic E-state index is 0.0195. The Labute approximate surface area is 169 Å². The molecule has 1 aromatic heterocycles. The first-order valence-corrected chi connectivity index (χ1v) is 10.1. The molecule has 1 heterocycles. The van der Waals surface area contributed by atoms with Crippen molar-refractivity contribution in [3.05, 3.63) is 72.1 Å². The number of ketones is 1. The van der Waals surface area contributed by atoms with E-state index in [0.29, 0.717) is 17.0 Å². The molecule has 28 heavy (non-hydrogen) atoms. The SMILES string of the molecule is Cc1ccccc1-n1ccnc1SCC(=O)c1ccc(NC(=O)C(C)C)cc1. The number of para-hydroxylation sites is 1. The summed E-state index contributed by atoms with van der Waals surface area (Å²) in [6.45, 7) is 5.73. The van der Waals surface area contributed by atoms with Crippen LogP contribution in [0.5, 0.6) is 0 Å². The number of nitrogens with zero attached hydrogens (tertiary/aromatic N) is 2. The van der Waals surface area contributed by atoms with Crippen LogP contribution in [0.15, 0.2) is 66.1 Å². The molecule has 0 radical (unpaired) electrons. The fraction of sp³-hybridized carbons (Fsp3) is 0.227. The lowest BCUT2D eigenvalue weighted by Crippen LogP contribution is -2.17. The van der Waals surface area contributed by atoms with Gasteiger partial charge in [0.2, 0.25) is 5.91 Å². The van der Waals surface area contributed by atoms with Crippen molar-refractivity contribution in [1.82, 2.24) is 9.55 Å². The molecule has 2 aromatic carbocycles. The molecular weight excluding hydrogens is 370 g/mol. The number of carbonyl (C=O) groups is 2. The summed E-state index contributed by atoms with van der Waals surface area (Å²) in [7, 11) is 0. The van der Waals surface area contributed by atoms with E-state index in [9.17, 15) is 9.59 Å². The number of aromatic nitrogens is 2. The molecule has 0 aliphatic carbocycles. The normalized spacial score (nSPS) is 10.9. The first kappa shape index (κ1) is 19.9. The molecule has 6 heteroatoms. The molecule has 0 saturated carbocycles. The smallest absolute Gasteiger partial charge is 0.226 e. The van der Waals surface area contributed by atoms with Crippen LogP contribution in [0.4, 0.5) is 5.69 Å². The van der Waals surface area contributed by atoms with Crippen molar-refractivity contribution >= 4 is 29.1 Å². The van der Waals surface area contributed by atoms with Crippen molar-refractivity contribution in [3.8, 4) is 5.69 Å². The Balaban J connectivity index is 1.65. The van der Waals surface area contributed by atoms with Crippen LogP contribution in [0.25, 0.3) is 5.69 Å². The first-order valence-electron chi connectivity index (χ1n) is 9.12. The van der Waals surface area contributed by atoms with E-state index in [1.54, 1.807) is 30.5 Å². The highest BCUT2D eigenvalue weighted by Gasteiger charge is 2.12.